The second-order valence-corrected chi connectivity index (χ2v) is 14.0. The minimum Gasteiger partial charge on any atom is -0.466 e. The zero-order valence-electron chi connectivity index (χ0n) is 22.9. The maximum atomic E-state index is 13.3. The van der Waals surface area contributed by atoms with Crippen LogP contribution in [0.25, 0.3) is 0 Å². The standard InChI is InChI=1S/C26H26N2O8S5/c1-7-28(8-2)14-11-9-13(10-12-14)27-21-19-20(40-41-21)26(15(22(29)33-3)16(37-19)23(30)34-4)38-17(24(31)35-5)18(39-26)25(32)36-6/h9-12H,7-8H2,1-6H3. The average molecular weight is 655 g/mol. The molecule has 0 radical (unpaired) electrons. The Bertz CT molecular complexity index is 1490. The Hall–Kier alpha value is -2.72. The molecule has 0 fully saturated rings. The molecular weight excluding hydrogens is 629 g/mol. The normalized spacial score (nSPS) is 16.0. The fourth-order valence-corrected chi connectivity index (χ4v) is 12.6. The Labute approximate surface area is 256 Å². The van der Waals surface area contributed by atoms with Gasteiger partial charge >= 0.3 is 23.9 Å². The molecule has 0 unspecified atom stereocenters. The number of fused-ring (bicyclic) bond motifs is 2. The molecule has 15 heteroatoms. The van der Waals surface area contributed by atoms with Crippen LogP contribution in [-0.2, 0) is 42.2 Å². The number of anilines is 1. The molecular formula is C26H26N2O8S5. The van der Waals surface area contributed by atoms with Gasteiger partial charge in [-0.25, -0.2) is 24.2 Å². The van der Waals surface area contributed by atoms with Crippen LogP contribution >= 0.6 is 56.0 Å². The minimum atomic E-state index is -1.44. The van der Waals surface area contributed by atoms with Gasteiger partial charge in [-0.05, 0) is 38.1 Å². The maximum absolute atomic E-state index is 13.3. The highest BCUT2D eigenvalue weighted by Crippen LogP contribution is 2.69. The van der Waals surface area contributed by atoms with E-state index in [1.54, 1.807) is 0 Å². The molecule has 2 aliphatic rings. The predicted octanol–water partition coefficient (Wildman–Crippen LogP) is 4.78. The summed E-state index contributed by atoms with van der Waals surface area (Å²) in [7, 11) is 7.46. The Morgan fingerprint density at radius 2 is 1.27 bits per heavy atom. The van der Waals surface area contributed by atoms with Crippen molar-refractivity contribution in [3.8, 4) is 0 Å². The van der Waals surface area contributed by atoms with Gasteiger partial charge in [-0.15, -0.1) is 0 Å². The Morgan fingerprint density at radius 1 is 0.756 bits per heavy atom. The molecule has 2 aromatic rings. The van der Waals surface area contributed by atoms with Crippen LogP contribution in [-0.4, -0.2) is 65.4 Å². The minimum absolute atomic E-state index is 0.0267. The first-order chi connectivity index (χ1) is 19.7. The molecule has 1 aromatic carbocycles. The predicted molar refractivity (Wildman–Crippen MR) is 162 cm³/mol. The second-order valence-electron chi connectivity index (χ2n) is 8.18. The van der Waals surface area contributed by atoms with Gasteiger partial charge in [-0.1, -0.05) is 56.0 Å². The first-order valence-electron chi connectivity index (χ1n) is 12.1. The molecule has 0 saturated heterocycles. The zero-order chi connectivity index (χ0) is 29.9. The third-order valence-electron chi connectivity index (χ3n) is 6.07. The van der Waals surface area contributed by atoms with E-state index < -0.39 is 28.0 Å². The topological polar surface area (TPSA) is 121 Å². The molecule has 3 heterocycles. The van der Waals surface area contributed by atoms with Gasteiger partial charge in [0.2, 0.25) is 0 Å². The number of nitrogens with zero attached hydrogens (tertiary/aromatic N) is 2. The third kappa shape index (κ3) is 5.69. The van der Waals surface area contributed by atoms with E-state index in [-0.39, 0.29) is 20.3 Å². The average Bonchev–Trinajstić information content (AvgIpc) is 3.59. The van der Waals surface area contributed by atoms with Crippen molar-refractivity contribution in [2.24, 2.45) is 4.99 Å². The second kappa shape index (κ2) is 13.1. The smallest absolute Gasteiger partial charge is 0.345 e. The lowest BCUT2D eigenvalue weighted by atomic mass is 10.1. The van der Waals surface area contributed by atoms with Gasteiger partial charge in [0.25, 0.3) is 0 Å². The highest BCUT2D eigenvalue weighted by molar-refractivity contribution is 8.25. The summed E-state index contributed by atoms with van der Waals surface area (Å²) in [6, 6.07) is 7.82. The molecule has 0 N–H and O–H groups in total. The highest BCUT2D eigenvalue weighted by Gasteiger charge is 2.58. The lowest BCUT2D eigenvalue weighted by molar-refractivity contribution is -0.139. The molecule has 1 aromatic heterocycles. The van der Waals surface area contributed by atoms with Gasteiger partial charge in [0.05, 0.1) is 49.5 Å². The van der Waals surface area contributed by atoms with Crippen LogP contribution in [0, 0.1) is 0 Å². The summed E-state index contributed by atoms with van der Waals surface area (Å²) in [6.45, 7) is 5.94. The van der Waals surface area contributed by atoms with Gasteiger partial charge in [0.1, 0.15) is 23.5 Å². The zero-order valence-corrected chi connectivity index (χ0v) is 27.0. The summed E-state index contributed by atoms with van der Waals surface area (Å²) in [4.78, 5) is 60.2. The number of esters is 4. The Morgan fingerprint density at radius 3 is 1.76 bits per heavy atom. The summed E-state index contributed by atoms with van der Waals surface area (Å²) in [6.07, 6.45) is 0. The number of hydrogen-bond acceptors (Lipinski definition) is 15. The number of thioether (sulfide) groups is 3. The van der Waals surface area contributed by atoms with Gasteiger partial charge in [0.15, 0.2) is 0 Å². The van der Waals surface area contributed by atoms with Crippen LogP contribution in [0.1, 0.15) is 18.7 Å². The van der Waals surface area contributed by atoms with Crippen LogP contribution in [0.5, 0.6) is 0 Å². The summed E-state index contributed by atoms with van der Waals surface area (Å²) in [5, 5.41) is 0. The van der Waals surface area contributed by atoms with E-state index in [0.29, 0.717) is 20.1 Å². The molecule has 0 amide bonds. The van der Waals surface area contributed by atoms with Gasteiger partial charge < -0.3 is 23.8 Å². The van der Waals surface area contributed by atoms with Gasteiger partial charge in [-0.2, -0.15) is 0 Å². The van der Waals surface area contributed by atoms with Crippen molar-refractivity contribution in [1.29, 1.82) is 0 Å². The summed E-state index contributed by atoms with van der Waals surface area (Å²) in [5.41, 5.74) is 1.72. The van der Waals surface area contributed by atoms with E-state index in [2.05, 4.69) is 18.7 Å². The van der Waals surface area contributed by atoms with Crippen LogP contribution in [0.2, 0.25) is 0 Å². The van der Waals surface area contributed by atoms with Crippen molar-refractivity contribution in [1.82, 2.24) is 0 Å². The first-order valence-corrected chi connectivity index (χ1v) is 16.7. The van der Waals surface area contributed by atoms with Crippen LogP contribution in [0.4, 0.5) is 11.4 Å². The van der Waals surface area contributed by atoms with Crippen molar-refractivity contribution in [3.05, 3.63) is 54.1 Å². The SMILES string of the molecule is CCN(CC)c1ccc(N=c2ssc3c2SC(C(=O)OC)=C(C(=O)OC)C32SC(C(=O)OC)=C(C(=O)OC)S2)cc1. The van der Waals surface area contributed by atoms with Crippen LogP contribution in [0.15, 0.2) is 54.4 Å². The molecule has 0 aliphatic carbocycles. The maximum Gasteiger partial charge on any atom is 0.345 e. The number of ether oxygens (including phenoxy) is 4. The fourth-order valence-electron chi connectivity index (χ4n) is 4.09. The number of benzene rings is 1. The molecule has 41 heavy (non-hydrogen) atoms. The van der Waals surface area contributed by atoms with Gasteiger partial charge in [-0.3, -0.25) is 0 Å². The van der Waals surface area contributed by atoms with E-state index in [1.165, 1.54) is 49.1 Å². The molecule has 0 bridgehead atoms. The van der Waals surface area contributed by atoms with Crippen LogP contribution < -0.4 is 9.57 Å². The quantitative estimate of drug-likeness (QED) is 0.221. The van der Waals surface area contributed by atoms with E-state index in [9.17, 15) is 19.2 Å². The molecule has 2 aliphatic heterocycles. The van der Waals surface area contributed by atoms with E-state index in [0.717, 1.165) is 54.1 Å². The molecule has 1 spiro atoms. The van der Waals surface area contributed by atoms with E-state index >= 15 is 0 Å². The van der Waals surface area contributed by atoms with E-state index in [1.807, 2.05) is 24.3 Å². The fraction of sp³-hybridized carbons (Fsp3) is 0.346. The molecule has 0 saturated carbocycles. The molecule has 0 atom stereocenters. The molecule has 4 rings (SSSR count). The first kappa shape index (κ1) is 31.2. The lowest BCUT2D eigenvalue weighted by Gasteiger charge is -2.33. The molecule has 10 nitrogen and oxygen atoms in total. The summed E-state index contributed by atoms with van der Waals surface area (Å²) in [5.74, 6) is -3.12. The summed E-state index contributed by atoms with van der Waals surface area (Å²) < 4.78 is 19.2. The number of methoxy groups -OCH3 is 4. The monoisotopic (exact) mass is 654 g/mol. The number of rotatable bonds is 8. The largest absolute Gasteiger partial charge is 0.466 e. The van der Waals surface area contributed by atoms with Gasteiger partial charge in [0, 0.05) is 18.8 Å². The van der Waals surface area contributed by atoms with Crippen molar-refractivity contribution in [2.45, 2.75) is 22.8 Å². The number of carbonyl (C=O) groups excluding carboxylic acids is 4. The Kier molecular flexibility index (Phi) is 9.95. The number of carbonyl (C=O) groups is 4. The van der Waals surface area contributed by atoms with E-state index in [4.69, 9.17) is 23.9 Å². The number of hydrogen-bond donors (Lipinski definition) is 0. The van der Waals surface area contributed by atoms with Crippen molar-refractivity contribution in [3.63, 3.8) is 0 Å². The summed E-state index contributed by atoms with van der Waals surface area (Å²) >= 11 is 2.91. The molecule has 218 valence electrons. The third-order valence-corrected chi connectivity index (χ3v) is 13.4. The van der Waals surface area contributed by atoms with Crippen LogP contribution in [0.3, 0.4) is 0 Å². The van der Waals surface area contributed by atoms with Crippen molar-refractivity contribution in [2.75, 3.05) is 46.4 Å². The lowest BCUT2D eigenvalue weighted by Crippen LogP contribution is -2.32. The van der Waals surface area contributed by atoms with Crippen molar-refractivity contribution < 1.29 is 38.1 Å². The van der Waals surface area contributed by atoms with Crippen molar-refractivity contribution >= 4 is 91.2 Å². The Balaban J connectivity index is 1.94. The highest BCUT2D eigenvalue weighted by atomic mass is 32.9.